The number of aliphatic imine (C=N–C) groups is 1. The van der Waals surface area contributed by atoms with Crippen molar-refractivity contribution in [2.45, 2.75) is 32.2 Å². The number of carbonyl (C=O) groups excluding carboxylic acids is 1. The highest BCUT2D eigenvalue weighted by molar-refractivity contribution is 7.13. The molecule has 3 aromatic rings. The number of hydrogen-bond acceptors (Lipinski definition) is 4. The van der Waals surface area contributed by atoms with Crippen LogP contribution in [0.15, 0.2) is 53.0 Å². The molecule has 1 aliphatic heterocycles. The van der Waals surface area contributed by atoms with E-state index >= 15 is 0 Å². The maximum absolute atomic E-state index is 12.4. The first-order chi connectivity index (χ1) is 12.0. The Morgan fingerprint density at radius 2 is 2.08 bits per heavy atom. The Balaban J connectivity index is 1.71. The fourth-order valence-corrected chi connectivity index (χ4v) is 3.98. The van der Waals surface area contributed by atoms with Gasteiger partial charge in [-0.15, -0.1) is 11.3 Å². The van der Waals surface area contributed by atoms with Crippen LogP contribution in [0.2, 0.25) is 0 Å². The topological polar surface area (TPSA) is 54.4 Å². The van der Waals surface area contributed by atoms with Crippen molar-refractivity contribution in [3.8, 4) is 0 Å². The van der Waals surface area contributed by atoms with E-state index in [1.165, 1.54) is 27.7 Å². The standard InChI is InChI=1S/C20H19N3OS/c1-20(2)12-16-14-6-4-3-5-13(14)7-8-15(16)17(23-20)11-18(24)22-19-21-9-10-25-19/h3-10H,11-12H2,1-2H3,(H,21,22,24). The second kappa shape index (κ2) is 6.08. The molecule has 0 atom stereocenters. The van der Waals surface area contributed by atoms with Gasteiger partial charge in [0.25, 0.3) is 0 Å². The maximum atomic E-state index is 12.4. The third-order valence-corrected chi connectivity index (χ3v) is 5.09. The van der Waals surface area contributed by atoms with Crippen LogP contribution in [0.25, 0.3) is 10.8 Å². The van der Waals surface area contributed by atoms with Gasteiger partial charge >= 0.3 is 0 Å². The lowest BCUT2D eigenvalue weighted by Gasteiger charge is -2.30. The summed E-state index contributed by atoms with van der Waals surface area (Å²) in [4.78, 5) is 21.4. The third kappa shape index (κ3) is 3.20. The van der Waals surface area contributed by atoms with Crippen molar-refractivity contribution in [1.29, 1.82) is 0 Å². The number of thiazole rings is 1. The normalized spacial score (nSPS) is 15.5. The van der Waals surface area contributed by atoms with Gasteiger partial charge in [0.15, 0.2) is 5.13 Å². The number of carbonyl (C=O) groups is 1. The summed E-state index contributed by atoms with van der Waals surface area (Å²) in [5.74, 6) is -0.0782. The summed E-state index contributed by atoms with van der Waals surface area (Å²) in [5.41, 5.74) is 3.02. The average Bonchev–Trinajstić information content (AvgIpc) is 3.06. The SMILES string of the molecule is CC1(C)Cc2c(ccc3ccccc23)C(CC(=O)Nc2nccs2)=N1. The highest BCUT2D eigenvalue weighted by atomic mass is 32.1. The number of nitrogens with zero attached hydrogens (tertiary/aromatic N) is 2. The van der Waals surface area contributed by atoms with Gasteiger partial charge in [-0.25, -0.2) is 4.98 Å². The van der Waals surface area contributed by atoms with Gasteiger partial charge < -0.3 is 5.32 Å². The van der Waals surface area contributed by atoms with E-state index < -0.39 is 0 Å². The highest BCUT2D eigenvalue weighted by Crippen LogP contribution is 2.33. The van der Waals surface area contributed by atoms with Crippen molar-refractivity contribution in [1.82, 2.24) is 4.98 Å². The van der Waals surface area contributed by atoms with Crippen molar-refractivity contribution >= 4 is 38.9 Å². The van der Waals surface area contributed by atoms with E-state index in [0.717, 1.165) is 17.7 Å². The Kier molecular flexibility index (Phi) is 3.88. The van der Waals surface area contributed by atoms with Gasteiger partial charge in [-0.2, -0.15) is 0 Å². The van der Waals surface area contributed by atoms with E-state index in [0.29, 0.717) is 5.13 Å². The molecular formula is C20H19N3OS. The second-order valence-corrected chi connectivity index (χ2v) is 7.82. The highest BCUT2D eigenvalue weighted by Gasteiger charge is 2.29. The molecule has 0 bridgehead atoms. The molecule has 5 heteroatoms. The monoisotopic (exact) mass is 349 g/mol. The number of nitrogens with one attached hydrogen (secondary N) is 1. The van der Waals surface area contributed by atoms with E-state index in [-0.39, 0.29) is 17.9 Å². The van der Waals surface area contributed by atoms with Crippen LogP contribution in [0.1, 0.15) is 31.4 Å². The Hall–Kier alpha value is -2.53. The van der Waals surface area contributed by atoms with E-state index in [1.807, 2.05) is 5.38 Å². The van der Waals surface area contributed by atoms with Gasteiger partial charge in [0, 0.05) is 11.6 Å². The van der Waals surface area contributed by atoms with Crippen molar-refractivity contribution in [3.05, 3.63) is 59.1 Å². The molecule has 0 saturated carbocycles. The van der Waals surface area contributed by atoms with Crippen molar-refractivity contribution in [3.63, 3.8) is 0 Å². The van der Waals surface area contributed by atoms with Crippen LogP contribution in [0.3, 0.4) is 0 Å². The zero-order valence-corrected chi connectivity index (χ0v) is 15.1. The van der Waals surface area contributed by atoms with Crippen LogP contribution in [0, 0.1) is 0 Å². The Morgan fingerprint density at radius 3 is 2.88 bits per heavy atom. The predicted octanol–water partition coefficient (Wildman–Crippen LogP) is 4.45. The molecule has 0 fully saturated rings. The molecule has 1 aliphatic rings. The van der Waals surface area contributed by atoms with Crippen LogP contribution in [-0.4, -0.2) is 22.1 Å². The van der Waals surface area contributed by atoms with E-state index in [4.69, 9.17) is 4.99 Å². The number of hydrogen-bond donors (Lipinski definition) is 1. The minimum atomic E-state index is -0.214. The fourth-order valence-electron chi connectivity index (χ4n) is 3.43. The summed E-state index contributed by atoms with van der Waals surface area (Å²) >= 11 is 1.42. The number of fused-ring (bicyclic) bond motifs is 3. The summed E-state index contributed by atoms with van der Waals surface area (Å²) in [6.45, 7) is 4.24. The third-order valence-electron chi connectivity index (χ3n) is 4.41. The molecule has 4 rings (SSSR count). The molecule has 2 heterocycles. The molecule has 1 amide bonds. The van der Waals surface area contributed by atoms with Crippen LogP contribution < -0.4 is 5.32 Å². The summed E-state index contributed by atoms with van der Waals surface area (Å²) in [5, 5.41) is 7.80. The molecule has 0 spiro atoms. The second-order valence-electron chi connectivity index (χ2n) is 6.92. The molecule has 1 N–H and O–H groups in total. The van der Waals surface area contributed by atoms with Gasteiger partial charge in [-0.05, 0) is 42.2 Å². The Bertz CT molecular complexity index is 974. The molecule has 4 nitrogen and oxygen atoms in total. The number of benzene rings is 2. The maximum Gasteiger partial charge on any atom is 0.232 e. The molecule has 1 aromatic heterocycles. The zero-order valence-electron chi connectivity index (χ0n) is 14.2. The molecule has 25 heavy (non-hydrogen) atoms. The molecular weight excluding hydrogens is 330 g/mol. The number of amides is 1. The molecule has 0 aliphatic carbocycles. The molecule has 0 unspecified atom stereocenters. The minimum Gasteiger partial charge on any atom is -0.302 e. The summed E-state index contributed by atoms with van der Waals surface area (Å²) < 4.78 is 0. The summed E-state index contributed by atoms with van der Waals surface area (Å²) in [7, 11) is 0. The molecule has 2 aromatic carbocycles. The molecule has 0 radical (unpaired) electrons. The largest absolute Gasteiger partial charge is 0.302 e. The summed E-state index contributed by atoms with van der Waals surface area (Å²) in [6.07, 6.45) is 2.82. The van der Waals surface area contributed by atoms with Gasteiger partial charge in [-0.1, -0.05) is 36.4 Å². The van der Waals surface area contributed by atoms with Crippen LogP contribution in [-0.2, 0) is 11.2 Å². The van der Waals surface area contributed by atoms with Gasteiger partial charge in [0.2, 0.25) is 5.91 Å². The average molecular weight is 349 g/mol. The van der Waals surface area contributed by atoms with Crippen LogP contribution in [0.5, 0.6) is 0 Å². The smallest absolute Gasteiger partial charge is 0.232 e. The first-order valence-electron chi connectivity index (χ1n) is 8.31. The van der Waals surface area contributed by atoms with E-state index in [9.17, 15) is 4.79 Å². The fraction of sp³-hybridized carbons (Fsp3) is 0.250. The zero-order chi connectivity index (χ0) is 17.4. The minimum absolute atomic E-state index is 0.0782. The number of aromatic nitrogens is 1. The van der Waals surface area contributed by atoms with Gasteiger partial charge in [0.05, 0.1) is 17.7 Å². The van der Waals surface area contributed by atoms with Crippen LogP contribution in [0.4, 0.5) is 5.13 Å². The summed E-state index contributed by atoms with van der Waals surface area (Å²) in [6, 6.07) is 12.6. The number of rotatable bonds is 3. The molecule has 126 valence electrons. The lowest BCUT2D eigenvalue weighted by Crippen LogP contribution is -2.31. The molecule has 0 saturated heterocycles. The quantitative estimate of drug-likeness (QED) is 0.759. The number of anilines is 1. The lowest BCUT2D eigenvalue weighted by atomic mass is 9.83. The van der Waals surface area contributed by atoms with Crippen molar-refractivity contribution < 1.29 is 4.79 Å². The van der Waals surface area contributed by atoms with E-state index in [1.54, 1.807) is 6.20 Å². The van der Waals surface area contributed by atoms with Gasteiger partial charge in [0.1, 0.15) is 0 Å². The Morgan fingerprint density at radius 1 is 1.24 bits per heavy atom. The predicted molar refractivity (Wildman–Crippen MR) is 104 cm³/mol. The Labute approximate surface area is 150 Å². The van der Waals surface area contributed by atoms with Crippen molar-refractivity contribution in [2.24, 2.45) is 4.99 Å². The first-order valence-corrected chi connectivity index (χ1v) is 9.19. The van der Waals surface area contributed by atoms with E-state index in [2.05, 4.69) is 60.5 Å². The van der Waals surface area contributed by atoms with Crippen LogP contribution >= 0.6 is 11.3 Å². The van der Waals surface area contributed by atoms with Gasteiger partial charge in [-0.3, -0.25) is 9.79 Å². The van der Waals surface area contributed by atoms with Crippen molar-refractivity contribution in [2.75, 3.05) is 5.32 Å². The first kappa shape index (κ1) is 16.0. The lowest BCUT2D eigenvalue weighted by molar-refractivity contribution is -0.115.